The maximum Gasteiger partial charge on any atom is 0.195 e. The number of nitrogens with zero attached hydrogens (tertiary/aromatic N) is 1. The van der Waals surface area contributed by atoms with Crippen molar-refractivity contribution in [2.45, 2.75) is 19.3 Å². The number of phenols is 1. The molecule has 33 heavy (non-hydrogen) atoms. The van der Waals surface area contributed by atoms with Crippen LogP contribution >= 0.6 is 11.3 Å². The number of hydrogen-bond donors (Lipinski definition) is 1. The van der Waals surface area contributed by atoms with E-state index in [1.54, 1.807) is 23.5 Å². The van der Waals surface area contributed by atoms with Crippen LogP contribution in [0.1, 0.15) is 40.1 Å². The van der Waals surface area contributed by atoms with E-state index in [9.17, 15) is 9.90 Å². The minimum Gasteiger partial charge on any atom is -0.508 e. The highest BCUT2D eigenvalue weighted by atomic mass is 32.1. The molecule has 1 aliphatic carbocycles. The van der Waals surface area contributed by atoms with Crippen LogP contribution in [0, 0.1) is 0 Å². The summed E-state index contributed by atoms with van der Waals surface area (Å²) in [6.07, 6.45) is 13.5. The van der Waals surface area contributed by atoms with Crippen LogP contribution in [0.5, 0.6) is 11.5 Å². The van der Waals surface area contributed by atoms with Crippen molar-refractivity contribution < 1.29 is 14.6 Å². The minimum absolute atomic E-state index is 0.0105. The van der Waals surface area contributed by atoms with Gasteiger partial charge in [0.25, 0.3) is 0 Å². The Labute approximate surface area is 198 Å². The molecule has 0 saturated carbocycles. The van der Waals surface area contributed by atoms with Crippen LogP contribution in [0.25, 0.3) is 15.7 Å². The fourth-order valence-corrected chi connectivity index (χ4v) is 5.70. The van der Waals surface area contributed by atoms with Crippen molar-refractivity contribution in [1.29, 1.82) is 0 Å². The van der Waals surface area contributed by atoms with Crippen molar-refractivity contribution in [1.82, 2.24) is 4.90 Å². The number of carbonyl (C=O) groups is 1. The molecular weight excluding hydrogens is 430 g/mol. The molecule has 168 valence electrons. The molecule has 1 aliphatic heterocycles. The van der Waals surface area contributed by atoms with Crippen molar-refractivity contribution in [3.8, 4) is 11.5 Å². The number of phenolic OH excluding ortho intramolecular Hbond substituents is 1. The molecular formula is C28H27NO3S. The van der Waals surface area contributed by atoms with Crippen molar-refractivity contribution in [3.63, 3.8) is 0 Å². The van der Waals surface area contributed by atoms with E-state index >= 15 is 0 Å². The third kappa shape index (κ3) is 4.80. The van der Waals surface area contributed by atoms with Gasteiger partial charge in [-0.3, -0.25) is 9.69 Å². The second kappa shape index (κ2) is 9.77. The van der Waals surface area contributed by atoms with E-state index in [1.807, 2.05) is 48.6 Å². The lowest BCUT2D eigenvalue weighted by molar-refractivity contribution is 0.104. The van der Waals surface area contributed by atoms with Gasteiger partial charge in [0.1, 0.15) is 18.1 Å². The molecule has 4 nitrogen and oxygen atoms in total. The molecule has 0 amide bonds. The van der Waals surface area contributed by atoms with Crippen LogP contribution in [0.2, 0.25) is 0 Å². The SMILES string of the molecule is O=C(c1ccc(OCCN2CCCC2)cc1)c1c(C2=CC=CC=CC2)sc2cc(O)ccc12. The number of likely N-dealkylation sites (tertiary alicyclic amines) is 1. The molecule has 2 aliphatic rings. The number of rotatable bonds is 7. The van der Waals surface area contributed by atoms with Gasteiger partial charge in [0.15, 0.2) is 5.78 Å². The molecule has 1 fully saturated rings. The first-order chi connectivity index (χ1) is 16.2. The molecule has 0 unspecified atom stereocenters. The quantitative estimate of drug-likeness (QED) is 0.429. The summed E-state index contributed by atoms with van der Waals surface area (Å²) in [5, 5.41) is 10.9. The first-order valence-electron chi connectivity index (χ1n) is 11.5. The fraction of sp³-hybridized carbons (Fsp3) is 0.250. The smallest absolute Gasteiger partial charge is 0.195 e. The number of benzene rings is 2. The van der Waals surface area contributed by atoms with E-state index in [4.69, 9.17) is 4.74 Å². The molecule has 2 heterocycles. The highest BCUT2D eigenvalue weighted by Gasteiger charge is 2.23. The Hall–Kier alpha value is -3.15. The fourth-order valence-electron chi connectivity index (χ4n) is 4.43. The average molecular weight is 458 g/mol. The Morgan fingerprint density at radius 3 is 2.67 bits per heavy atom. The zero-order valence-electron chi connectivity index (χ0n) is 18.5. The monoisotopic (exact) mass is 457 g/mol. The van der Waals surface area contributed by atoms with E-state index in [2.05, 4.69) is 17.1 Å². The number of ether oxygens (including phenoxy) is 1. The number of carbonyl (C=O) groups excluding carboxylic acids is 1. The molecule has 5 heteroatoms. The van der Waals surface area contributed by atoms with Crippen LogP contribution in [-0.4, -0.2) is 42.0 Å². The molecule has 5 rings (SSSR count). The molecule has 0 bridgehead atoms. The maximum atomic E-state index is 13.7. The van der Waals surface area contributed by atoms with Crippen molar-refractivity contribution in [2.24, 2.45) is 0 Å². The molecule has 3 aromatic rings. The maximum absolute atomic E-state index is 13.7. The standard InChI is InChI=1S/C28H27NO3S/c30-22-11-14-24-25(19-22)33-28(21-7-3-1-2-4-8-21)26(24)27(31)20-9-12-23(13-10-20)32-18-17-29-15-5-6-16-29/h1-4,7,9-14,19,30H,5-6,8,15-18H2. The summed E-state index contributed by atoms with van der Waals surface area (Å²) in [6, 6.07) is 12.7. The Kier molecular flexibility index (Phi) is 6.42. The summed E-state index contributed by atoms with van der Waals surface area (Å²) >= 11 is 1.56. The number of aromatic hydroxyl groups is 1. The van der Waals surface area contributed by atoms with E-state index in [-0.39, 0.29) is 11.5 Å². The minimum atomic E-state index is -0.0105. The summed E-state index contributed by atoms with van der Waals surface area (Å²) < 4.78 is 6.82. The predicted molar refractivity (Wildman–Crippen MR) is 135 cm³/mol. The lowest BCUT2D eigenvalue weighted by atomic mass is 9.96. The van der Waals surface area contributed by atoms with Crippen LogP contribution in [0.15, 0.2) is 72.8 Å². The number of hydrogen-bond acceptors (Lipinski definition) is 5. The number of thiophene rings is 1. The normalized spacial score (nSPS) is 16.2. The molecule has 2 aromatic carbocycles. The third-order valence-corrected chi connectivity index (χ3v) is 7.41. The van der Waals surface area contributed by atoms with E-state index in [0.717, 1.165) is 52.3 Å². The Morgan fingerprint density at radius 2 is 1.85 bits per heavy atom. The summed E-state index contributed by atoms with van der Waals surface area (Å²) in [4.78, 5) is 17.1. The van der Waals surface area contributed by atoms with Gasteiger partial charge in [-0.05, 0) is 80.4 Å². The van der Waals surface area contributed by atoms with Gasteiger partial charge in [-0.15, -0.1) is 11.3 Å². The highest BCUT2D eigenvalue weighted by molar-refractivity contribution is 7.20. The van der Waals surface area contributed by atoms with Gasteiger partial charge in [0.05, 0.1) is 0 Å². The van der Waals surface area contributed by atoms with Crippen LogP contribution in [0.3, 0.4) is 0 Å². The summed E-state index contributed by atoms with van der Waals surface area (Å²) in [6.45, 7) is 3.92. The highest BCUT2D eigenvalue weighted by Crippen LogP contribution is 2.40. The van der Waals surface area contributed by atoms with Crippen LogP contribution < -0.4 is 4.74 Å². The third-order valence-electron chi connectivity index (χ3n) is 6.18. The van der Waals surface area contributed by atoms with Gasteiger partial charge in [-0.2, -0.15) is 0 Å². The molecule has 0 spiro atoms. The molecule has 0 atom stereocenters. The van der Waals surface area contributed by atoms with Gasteiger partial charge in [0, 0.05) is 32.6 Å². The van der Waals surface area contributed by atoms with Gasteiger partial charge >= 0.3 is 0 Å². The molecule has 1 N–H and O–H groups in total. The van der Waals surface area contributed by atoms with Crippen LogP contribution in [0.4, 0.5) is 0 Å². The lowest BCUT2D eigenvalue weighted by Gasteiger charge is -2.15. The Bertz CT molecular complexity index is 1240. The number of allylic oxidation sites excluding steroid dienone is 6. The second-order valence-corrected chi connectivity index (χ2v) is 9.50. The van der Waals surface area contributed by atoms with E-state index in [0.29, 0.717) is 17.7 Å². The van der Waals surface area contributed by atoms with Crippen molar-refractivity contribution in [3.05, 3.63) is 88.8 Å². The van der Waals surface area contributed by atoms with Gasteiger partial charge in [-0.25, -0.2) is 0 Å². The first kappa shape index (κ1) is 21.7. The summed E-state index contributed by atoms with van der Waals surface area (Å²) in [5.74, 6) is 0.982. The van der Waals surface area contributed by atoms with Gasteiger partial charge < -0.3 is 9.84 Å². The number of fused-ring (bicyclic) bond motifs is 1. The van der Waals surface area contributed by atoms with Gasteiger partial charge in [-0.1, -0.05) is 30.4 Å². The van der Waals surface area contributed by atoms with E-state index in [1.165, 1.54) is 12.8 Å². The van der Waals surface area contributed by atoms with E-state index < -0.39 is 0 Å². The molecule has 1 aromatic heterocycles. The van der Waals surface area contributed by atoms with Crippen molar-refractivity contribution in [2.75, 3.05) is 26.2 Å². The lowest BCUT2D eigenvalue weighted by Crippen LogP contribution is -2.25. The van der Waals surface area contributed by atoms with Gasteiger partial charge in [0.2, 0.25) is 0 Å². The van der Waals surface area contributed by atoms with Crippen LogP contribution in [-0.2, 0) is 0 Å². The zero-order valence-corrected chi connectivity index (χ0v) is 19.3. The van der Waals surface area contributed by atoms with Crippen molar-refractivity contribution >= 4 is 32.8 Å². The Balaban J connectivity index is 1.41. The topological polar surface area (TPSA) is 49.8 Å². The summed E-state index contributed by atoms with van der Waals surface area (Å²) in [7, 11) is 0. The zero-order chi connectivity index (χ0) is 22.6. The first-order valence-corrected chi connectivity index (χ1v) is 12.3. The summed E-state index contributed by atoms with van der Waals surface area (Å²) in [5.41, 5.74) is 2.44. The predicted octanol–water partition coefficient (Wildman–Crippen LogP) is 6.21. The Morgan fingerprint density at radius 1 is 1.03 bits per heavy atom. The molecule has 0 radical (unpaired) electrons. The largest absolute Gasteiger partial charge is 0.508 e. The molecule has 1 saturated heterocycles. The second-order valence-electron chi connectivity index (χ2n) is 8.45. The average Bonchev–Trinajstić information content (AvgIpc) is 3.39. The number of ketones is 1.